The van der Waals surface area contributed by atoms with E-state index in [1.165, 1.54) is 88.0 Å². The van der Waals surface area contributed by atoms with E-state index in [1.54, 1.807) is 0 Å². The van der Waals surface area contributed by atoms with Crippen molar-refractivity contribution in [2.45, 2.75) is 44.3 Å². The summed E-state index contributed by atoms with van der Waals surface area (Å²) in [5.74, 6) is 0. The third-order valence-corrected chi connectivity index (χ3v) is 12.5. The molecule has 0 aromatic heterocycles. The molecular weight excluding hydrogens is 607 g/mol. The molecule has 1 aliphatic heterocycles. The summed E-state index contributed by atoms with van der Waals surface area (Å²) >= 11 is 0. The third kappa shape index (κ3) is 3.42. The van der Waals surface area contributed by atoms with Crippen molar-refractivity contribution in [3.63, 3.8) is 0 Å². The second-order valence-corrected chi connectivity index (χ2v) is 15.4. The van der Waals surface area contributed by atoms with Gasteiger partial charge >= 0.3 is 7.12 Å². The Kier molecular flexibility index (Phi) is 5.44. The molecule has 8 aromatic rings. The Morgan fingerprint density at radius 2 is 0.980 bits per heavy atom. The molecule has 11 rings (SSSR count). The number of hydrogen-bond acceptors (Lipinski definition) is 2. The molecule has 2 nitrogen and oxygen atoms in total. The fraction of sp³-hybridized carbons (Fsp3) is 0.149. The van der Waals surface area contributed by atoms with Crippen molar-refractivity contribution in [2.24, 2.45) is 0 Å². The maximum Gasteiger partial charge on any atom is 0.494 e. The van der Waals surface area contributed by atoms with Gasteiger partial charge in [-0.2, -0.15) is 0 Å². The first-order chi connectivity index (χ1) is 24.3. The highest BCUT2D eigenvalue weighted by Crippen LogP contribution is 2.63. The summed E-state index contributed by atoms with van der Waals surface area (Å²) in [6.45, 7) is 8.53. The standard InChI is InChI=1S/C47H35BO2/c1-45(2)46(3,4)50-48(49-45)31-23-25-35-33-15-6-5-14-32(33)34-16-7-9-18-38(34)47(40(35)27-31)39-19-10-8-17-36(39)44-37-24-22-29-13-11-12-28-20-21-30(26-41(44)47)43(37)42(28)29/h5-27H,1-4H3. The Labute approximate surface area is 292 Å². The first kappa shape index (κ1) is 28.6. The highest BCUT2D eigenvalue weighted by Gasteiger charge is 2.54. The minimum atomic E-state index is -0.596. The van der Waals surface area contributed by atoms with Crippen LogP contribution in [-0.2, 0) is 14.7 Å². The van der Waals surface area contributed by atoms with Crippen LogP contribution in [0.4, 0.5) is 0 Å². The smallest absolute Gasteiger partial charge is 0.399 e. The zero-order valence-corrected chi connectivity index (χ0v) is 28.7. The summed E-state index contributed by atoms with van der Waals surface area (Å²) in [5, 5.41) is 7.86. The molecule has 1 heterocycles. The number of benzene rings is 8. The van der Waals surface area contributed by atoms with Crippen molar-refractivity contribution in [1.29, 1.82) is 0 Å². The lowest BCUT2D eigenvalue weighted by molar-refractivity contribution is 0.00578. The van der Waals surface area contributed by atoms with E-state index in [0.29, 0.717) is 0 Å². The van der Waals surface area contributed by atoms with E-state index in [0.717, 1.165) is 5.46 Å². The highest BCUT2D eigenvalue weighted by atomic mass is 16.7. The van der Waals surface area contributed by atoms with Gasteiger partial charge in [0.05, 0.1) is 16.6 Å². The van der Waals surface area contributed by atoms with Crippen molar-refractivity contribution < 1.29 is 9.31 Å². The van der Waals surface area contributed by atoms with Gasteiger partial charge in [-0.15, -0.1) is 0 Å². The van der Waals surface area contributed by atoms with Crippen LogP contribution in [0.15, 0.2) is 140 Å². The fourth-order valence-corrected chi connectivity index (χ4v) is 9.53. The molecule has 1 saturated heterocycles. The average Bonchev–Trinajstić information content (AvgIpc) is 3.51. The lowest BCUT2D eigenvalue weighted by Crippen LogP contribution is -2.41. The van der Waals surface area contributed by atoms with Gasteiger partial charge in [0.15, 0.2) is 0 Å². The van der Waals surface area contributed by atoms with Gasteiger partial charge in [0, 0.05) is 0 Å². The molecular formula is C47H35BO2. The Morgan fingerprint density at radius 3 is 1.68 bits per heavy atom. The van der Waals surface area contributed by atoms with E-state index < -0.39 is 23.7 Å². The quantitative estimate of drug-likeness (QED) is 0.131. The van der Waals surface area contributed by atoms with Crippen LogP contribution in [0.2, 0.25) is 0 Å². The first-order valence-corrected chi connectivity index (χ1v) is 17.8. The zero-order chi connectivity index (χ0) is 33.6. The van der Waals surface area contributed by atoms with Crippen LogP contribution in [0, 0.1) is 0 Å². The topological polar surface area (TPSA) is 18.5 Å². The first-order valence-electron chi connectivity index (χ1n) is 17.8. The summed E-state index contributed by atoms with van der Waals surface area (Å²) in [6.07, 6.45) is 0. The minimum Gasteiger partial charge on any atom is -0.399 e. The maximum atomic E-state index is 6.71. The molecule has 2 aliphatic carbocycles. The van der Waals surface area contributed by atoms with E-state index in [9.17, 15) is 0 Å². The fourth-order valence-electron chi connectivity index (χ4n) is 9.53. The predicted molar refractivity (Wildman–Crippen MR) is 208 cm³/mol. The van der Waals surface area contributed by atoms with Gasteiger partial charge in [-0.1, -0.05) is 133 Å². The SMILES string of the molecule is CC1(C)OB(c2ccc3c(c2)C2(c4ccccc4-c4ccccc4-3)c3ccccc3-c3c2cc2ccc4cccc5ccc3c2c45)OC1(C)C. The Morgan fingerprint density at radius 1 is 0.420 bits per heavy atom. The van der Waals surface area contributed by atoms with Gasteiger partial charge in [-0.25, -0.2) is 0 Å². The largest absolute Gasteiger partial charge is 0.494 e. The van der Waals surface area contributed by atoms with E-state index in [2.05, 4.69) is 167 Å². The molecule has 3 heteroatoms. The van der Waals surface area contributed by atoms with Crippen molar-refractivity contribution in [2.75, 3.05) is 0 Å². The molecule has 238 valence electrons. The highest BCUT2D eigenvalue weighted by molar-refractivity contribution is 6.62. The predicted octanol–water partition coefficient (Wildman–Crippen LogP) is 10.9. The number of rotatable bonds is 1. The molecule has 0 N–H and O–H groups in total. The number of hydrogen-bond donors (Lipinski definition) is 0. The molecule has 0 saturated carbocycles. The molecule has 50 heavy (non-hydrogen) atoms. The van der Waals surface area contributed by atoms with Crippen molar-refractivity contribution in [3.8, 4) is 33.4 Å². The van der Waals surface area contributed by atoms with E-state index in [-0.39, 0.29) is 0 Å². The van der Waals surface area contributed by atoms with Crippen LogP contribution < -0.4 is 5.46 Å². The van der Waals surface area contributed by atoms with Crippen molar-refractivity contribution in [1.82, 2.24) is 0 Å². The molecule has 8 aromatic carbocycles. The van der Waals surface area contributed by atoms with Crippen LogP contribution in [0.5, 0.6) is 0 Å². The van der Waals surface area contributed by atoms with Gasteiger partial charge in [-0.3, -0.25) is 0 Å². The van der Waals surface area contributed by atoms with Crippen LogP contribution >= 0.6 is 0 Å². The lowest BCUT2D eigenvalue weighted by atomic mass is 9.64. The van der Waals surface area contributed by atoms with Crippen molar-refractivity contribution >= 4 is 44.9 Å². The Bertz CT molecular complexity index is 2710. The van der Waals surface area contributed by atoms with E-state index in [4.69, 9.17) is 9.31 Å². The Balaban J connectivity index is 1.33. The van der Waals surface area contributed by atoms with Gasteiger partial charge in [0.2, 0.25) is 0 Å². The molecule has 1 unspecified atom stereocenters. The molecule has 3 aliphatic rings. The summed E-state index contributed by atoms with van der Waals surface area (Å²) < 4.78 is 13.4. The second kappa shape index (κ2) is 9.51. The maximum absolute atomic E-state index is 6.71. The molecule has 0 radical (unpaired) electrons. The molecule has 0 amide bonds. The van der Waals surface area contributed by atoms with Gasteiger partial charge in [0.25, 0.3) is 0 Å². The van der Waals surface area contributed by atoms with E-state index >= 15 is 0 Å². The summed E-state index contributed by atoms with van der Waals surface area (Å²) in [7, 11) is -0.474. The molecule has 1 atom stereocenters. The summed E-state index contributed by atoms with van der Waals surface area (Å²) in [4.78, 5) is 0. The van der Waals surface area contributed by atoms with Crippen LogP contribution in [-0.4, -0.2) is 18.3 Å². The average molecular weight is 643 g/mol. The van der Waals surface area contributed by atoms with Crippen molar-refractivity contribution in [3.05, 3.63) is 162 Å². The van der Waals surface area contributed by atoms with Gasteiger partial charge in [-0.05, 0) is 127 Å². The second-order valence-electron chi connectivity index (χ2n) is 15.4. The Hall–Kier alpha value is -5.22. The third-order valence-electron chi connectivity index (χ3n) is 12.5. The van der Waals surface area contributed by atoms with Crippen LogP contribution in [0.1, 0.15) is 49.9 Å². The number of fused-ring (bicyclic) bond motifs is 13. The summed E-state index contributed by atoms with van der Waals surface area (Å²) in [6, 6.07) is 52.7. The van der Waals surface area contributed by atoms with Gasteiger partial charge < -0.3 is 9.31 Å². The zero-order valence-electron chi connectivity index (χ0n) is 28.7. The minimum absolute atomic E-state index is 0.441. The normalized spacial score (nSPS) is 19.4. The molecule has 1 fully saturated rings. The van der Waals surface area contributed by atoms with Crippen LogP contribution in [0.25, 0.3) is 65.7 Å². The lowest BCUT2D eigenvalue weighted by Gasteiger charge is -2.36. The summed E-state index contributed by atoms with van der Waals surface area (Å²) in [5.41, 5.74) is 12.4. The molecule has 1 spiro atoms. The monoisotopic (exact) mass is 642 g/mol. The van der Waals surface area contributed by atoms with E-state index in [1.807, 2.05) is 0 Å². The van der Waals surface area contributed by atoms with Crippen LogP contribution in [0.3, 0.4) is 0 Å². The van der Waals surface area contributed by atoms with Gasteiger partial charge in [0.1, 0.15) is 0 Å². The molecule has 0 bridgehead atoms.